The van der Waals surface area contributed by atoms with Crippen molar-refractivity contribution in [1.82, 2.24) is 0 Å². The molecule has 4 aliphatic carbocycles. The molecule has 8 atom stereocenters. The van der Waals surface area contributed by atoms with Crippen LogP contribution in [-0.2, 0) is 9.47 Å². The highest BCUT2D eigenvalue weighted by Gasteiger charge is 2.59. The van der Waals surface area contributed by atoms with Crippen LogP contribution in [0.3, 0.4) is 0 Å². The molecule has 3 saturated carbocycles. The molecule has 0 amide bonds. The first-order chi connectivity index (χ1) is 23.5. The Labute approximate surface area is 305 Å². The number of allylic oxidation sites excluding steroid dienone is 1. The van der Waals surface area contributed by atoms with Crippen molar-refractivity contribution in [2.24, 2.45) is 52.3 Å². The van der Waals surface area contributed by atoms with E-state index in [-0.39, 0.29) is 6.10 Å². The monoisotopic (exact) mass is 683 g/mol. The Kier molecular flexibility index (Phi) is 16.9. The molecule has 0 spiro atoms. The number of carbonyl (C=O) groups is 1. The van der Waals surface area contributed by atoms with Crippen LogP contribution in [0.2, 0.25) is 0 Å². The van der Waals surface area contributed by atoms with E-state index in [1.54, 1.807) is 5.57 Å². The molecule has 3 heteroatoms. The van der Waals surface area contributed by atoms with Gasteiger partial charge in [-0.2, -0.15) is 0 Å². The molecule has 0 radical (unpaired) electrons. The van der Waals surface area contributed by atoms with E-state index in [0.717, 1.165) is 73.5 Å². The maximum atomic E-state index is 12.6. The van der Waals surface area contributed by atoms with Gasteiger partial charge in [-0.1, -0.05) is 163 Å². The molecule has 3 nitrogen and oxygen atoms in total. The predicted molar refractivity (Wildman–Crippen MR) is 209 cm³/mol. The highest BCUT2D eigenvalue weighted by molar-refractivity contribution is 5.60. The molecule has 0 bridgehead atoms. The van der Waals surface area contributed by atoms with E-state index >= 15 is 0 Å². The van der Waals surface area contributed by atoms with E-state index in [9.17, 15) is 4.79 Å². The number of ether oxygens (including phenoxy) is 2. The first kappa shape index (κ1) is 40.8. The molecular weight excluding hydrogens is 601 g/mol. The zero-order valence-corrected chi connectivity index (χ0v) is 33.8. The quantitative estimate of drug-likeness (QED) is 0.0648. The van der Waals surface area contributed by atoms with Gasteiger partial charge in [-0.25, -0.2) is 4.79 Å². The van der Waals surface area contributed by atoms with Crippen LogP contribution in [0.15, 0.2) is 11.6 Å². The lowest BCUT2D eigenvalue weighted by Crippen LogP contribution is -2.51. The Balaban J connectivity index is 1.07. The topological polar surface area (TPSA) is 35.5 Å². The van der Waals surface area contributed by atoms with E-state index in [0.29, 0.717) is 17.4 Å². The molecule has 49 heavy (non-hydrogen) atoms. The van der Waals surface area contributed by atoms with Crippen molar-refractivity contribution in [3.05, 3.63) is 11.6 Å². The summed E-state index contributed by atoms with van der Waals surface area (Å²) in [7, 11) is 0. The second kappa shape index (κ2) is 20.3. The number of rotatable bonds is 22. The molecule has 0 aromatic heterocycles. The zero-order valence-electron chi connectivity index (χ0n) is 33.8. The second-order valence-corrected chi connectivity index (χ2v) is 19.1. The fraction of sp³-hybridized carbons (Fsp3) is 0.935. The summed E-state index contributed by atoms with van der Waals surface area (Å²) in [6.45, 7) is 17.8. The molecular formula is C46H82O3. The number of hydrogen-bond donors (Lipinski definition) is 0. The van der Waals surface area contributed by atoms with Crippen LogP contribution in [0.1, 0.15) is 209 Å². The van der Waals surface area contributed by atoms with E-state index in [1.165, 1.54) is 128 Å². The van der Waals surface area contributed by atoms with Crippen LogP contribution in [0, 0.1) is 52.3 Å². The third-order valence-electron chi connectivity index (χ3n) is 14.7. The lowest BCUT2D eigenvalue weighted by molar-refractivity contribution is -0.0617. The molecule has 0 N–H and O–H groups in total. The van der Waals surface area contributed by atoms with Gasteiger partial charge in [0.15, 0.2) is 0 Å². The van der Waals surface area contributed by atoms with Crippen LogP contribution < -0.4 is 0 Å². The summed E-state index contributed by atoms with van der Waals surface area (Å²) >= 11 is 0. The van der Waals surface area contributed by atoms with Crippen molar-refractivity contribution in [2.75, 3.05) is 6.61 Å². The van der Waals surface area contributed by atoms with Crippen LogP contribution in [0.4, 0.5) is 4.79 Å². The minimum atomic E-state index is -0.434. The maximum absolute atomic E-state index is 12.6. The Hall–Kier alpha value is -0.990. The van der Waals surface area contributed by atoms with Crippen LogP contribution in [0.5, 0.6) is 0 Å². The molecule has 4 aliphatic rings. The van der Waals surface area contributed by atoms with Gasteiger partial charge in [0.05, 0.1) is 6.61 Å². The summed E-state index contributed by atoms with van der Waals surface area (Å²) in [6.07, 6.45) is 35.2. The second-order valence-electron chi connectivity index (χ2n) is 19.1. The average Bonchev–Trinajstić information content (AvgIpc) is 3.41. The van der Waals surface area contributed by atoms with Crippen molar-refractivity contribution < 1.29 is 14.3 Å². The first-order valence-corrected chi connectivity index (χ1v) is 22.1. The number of unbranched alkanes of at least 4 members (excludes halogenated alkanes) is 12. The van der Waals surface area contributed by atoms with E-state index < -0.39 is 6.16 Å². The van der Waals surface area contributed by atoms with Crippen LogP contribution >= 0.6 is 0 Å². The van der Waals surface area contributed by atoms with Crippen molar-refractivity contribution in [1.29, 1.82) is 0 Å². The van der Waals surface area contributed by atoms with Gasteiger partial charge in [0.1, 0.15) is 6.10 Å². The fourth-order valence-electron chi connectivity index (χ4n) is 11.7. The van der Waals surface area contributed by atoms with Gasteiger partial charge in [0.25, 0.3) is 0 Å². The van der Waals surface area contributed by atoms with Crippen molar-refractivity contribution in [3.63, 3.8) is 0 Å². The van der Waals surface area contributed by atoms with E-state index in [1.807, 2.05) is 0 Å². The van der Waals surface area contributed by atoms with Gasteiger partial charge in [-0.15, -0.1) is 0 Å². The number of carbonyl (C=O) groups excluding carboxylic acids is 1. The molecule has 0 aliphatic heterocycles. The highest BCUT2D eigenvalue weighted by atomic mass is 16.7. The third kappa shape index (κ3) is 11.8. The van der Waals surface area contributed by atoms with Crippen molar-refractivity contribution in [2.45, 2.75) is 215 Å². The molecule has 0 heterocycles. The standard InChI is InChI=1S/C46H82O3/c1-35(2)22-19-17-15-13-11-9-8-10-12-14-16-18-20-33-48-44(47)49-39-29-31-45(6)38(34-39)25-26-40-42-28-27-41(37(5)24-21-23-36(3)4)46(42,7)32-30-43(40)45/h25,35-37,39-43H,8-24,26-34H2,1-7H3. The summed E-state index contributed by atoms with van der Waals surface area (Å²) in [4.78, 5) is 12.6. The Morgan fingerprint density at radius 2 is 1.29 bits per heavy atom. The summed E-state index contributed by atoms with van der Waals surface area (Å²) < 4.78 is 11.5. The van der Waals surface area contributed by atoms with Gasteiger partial charge in [0.2, 0.25) is 0 Å². The average molecular weight is 683 g/mol. The smallest absolute Gasteiger partial charge is 0.434 e. The molecule has 0 saturated heterocycles. The van der Waals surface area contributed by atoms with Gasteiger partial charge in [-0.05, 0) is 104 Å². The zero-order chi connectivity index (χ0) is 35.3. The maximum Gasteiger partial charge on any atom is 0.508 e. The Bertz CT molecular complexity index is 983. The van der Waals surface area contributed by atoms with Crippen LogP contribution in [-0.4, -0.2) is 18.9 Å². The largest absolute Gasteiger partial charge is 0.508 e. The number of hydrogen-bond acceptors (Lipinski definition) is 3. The predicted octanol–water partition coefficient (Wildman–Crippen LogP) is 14.7. The molecule has 284 valence electrons. The molecule has 3 fully saturated rings. The Morgan fingerprint density at radius 1 is 0.694 bits per heavy atom. The van der Waals surface area contributed by atoms with E-state index in [2.05, 4.69) is 54.5 Å². The molecule has 0 aromatic carbocycles. The summed E-state index contributed by atoms with van der Waals surface area (Å²) in [5.74, 6) is 6.03. The normalized spacial score (nSPS) is 31.6. The van der Waals surface area contributed by atoms with Gasteiger partial charge in [-0.3, -0.25) is 0 Å². The van der Waals surface area contributed by atoms with E-state index in [4.69, 9.17) is 9.47 Å². The summed E-state index contributed by atoms with van der Waals surface area (Å²) in [5, 5.41) is 0. The first-order valence-electron chi connectivity index (χ1n) is 22.1. The molecule has 8 unspecified atom stereocenters. The number of fused-ring (bicyclic) bond motifs is 5. The summed E-state index contributed by atoms with van der Waals surface area (Å²) in [6, 6.07) is 0. The Morgan fingerprint density at radius 3 is 1.92 bits per heavy atom. The van der Waals surface area contributed by atoms with Crippen molar-refractivity contribution >= 4 is 6.16 Å². The molecule has 4 rings (SSSR count). The lowest BCUT2D eigenvalue weighted by Gasteiger charge is -2.58. The minimum absolute atomic E-state index is 0.00958. The molecule has 0 aromatic rings. The van der Waals surface area contributed by atoms with Gasteiger partial charge in [0, 0.05) is 6.42 Å². The third-order valence-corrected chi connectivity index (χ3v) is 14.7. The fourth-order valence-corrected chi connectivity index (χ4v) is 11.7. The summed E-state index contributed by atoms with van der Waals surface area (Å²) in [5.41, 5.74) is 2.42. The lowest BCUT2D eigenvalue weighted by atomic mass is 9.47. The SMILES string of the molecule is CC(C)CCCCCCCCCCCCCCCOC(=O)OC1CCC2(C)C(=CCC3C2CCC2(C)C(C(C)CCCC(C)C)CCC32)C1. The highest BCUT2D eigenvalue weighted by Crippen LogP contribution is 2.67. The van der Waals surface area contributed by atoms with Crippen LogP contribution in [0.25, 0.3) is 0 Å². The van der Waals surface area contributed by atoms with Gasteiger partial charge < -0.3 is 9.47 Å². The van der Waals surface area contributed by atoms with Gasteiger partial charge >= 0.3 is 6.16 Å². The van der Waals surface area contributed by atoms with Crippen molar-refractivity contribution in [3.8, 4) is 0 Å². The minimum Gasteiger partial charge on any atom is -0.434 e.